The molecule has 0 saturated carbocycles. The molecule has 3 amide bonds. The normalized spacial score (nSPS) is 13.5. The number of benzene rings is 2. The number of nitrogens with one attached hydrogen (secondary N) is 1. The summed E-state index contributed by atoms with van der Waals surface area (Å²) in [7, 11) is 0. The second kappa shape index (κ2) is 8.55. The zero-order valence-electron chi connectivity index (χ0n) is 14.5. The van der Waals surface area contributed by atoms with E-state index in [1.165, 1.54) is 0 Å². The average Bonchev–Trinajstić information content (AvgIpc) is 2.63. The lowest BCUT2D eigenvalue weighted by atomic mass is 9.98. The van der Waals surface area contributed by atoms with Gasteiger partial charge in [0.05, 0.1) is 6.42 Å². The van der Waals surface area contributed by atoms with E-state index in [4.69, 9.17) is 23.2 Å². The van der Waals surface area contributed by atoms with Gasteiger partial charge in [-0.1, -0.05) is 47.5 Å². The molecule has 0 aromatic heterocycles. The standard InChI is InChI=1S/C20H18Cl2N2O3/c21-15-6-5-13(17(22)12-15)7-9-23-18(25)8-10-24-19(26)11-14-3-1-2-4-16(14)20(24)27/h1-6,12H,7-11H2,(H,23,25). The van der Waals surface area contributed by atoms with Crippen LogP contribution < -0.4 is 5.32 Å². The summed E-state index contributed by atoms with van der Waals surface area (Å²) >= 11 is 12.0. The molecule has 1 aliphatic rings. The Kier molecular flexibility index (Phi) is 6.14. The van der Waals surface area contributed by atoms with Crippen LogP contribution in [-0.4, -0.2) is 35.7 Å². The van der Waals surface area contributed by atoms with Gasteiger partial charge in [-0.05, 0) is 35.7 Å². The number of hydrogen-bond donors (Lipinski definition) is 1. The van der Waals surface area contributed by atoms with Gasteiger partial charge < -0.3 is 5.32 Å². The molecule has 0 atom stereocenters. The zero-order chi connectivity index (χ0) is 19.4. The lowest BCUT2D eigenvalue weighted by molar-refractivity contribution is -0.129. The Morgan fingerprint density at radius 3 is 2.67 bits per heavy atom. The molecular formula is C20H18Cl2N2O3. The van der Waals surface area contributed by atoms with Crippen LogP contribution >= 0.6 is 23.2 Å². The van der Waals surface area contributed by atoms with E-state index < -0.39 is 0 Å². The van der Waals surface area contributed by atoms with Crippen molar-refractivity contribution in [2.45, 2.75) is 19.3 Å². The summed E-state index contributed by atoms with van der Waals surface area (Å²) in [5, 5.41) is 3.90. The van der Waals surface area contributed by atoms with Crippen LogP contribution in [0.4, 0.5) is 0 Å². The zero-order valence-corrected chi connectivity index (χ0v) is 16.0. The van der Waals surface area contributed by atoms with Crippen LogP contribution in [0.2, 0.25) is 10.0 Å². The second-order valence-corrected chi connectivity index (χ2v) is 7.11. The van der Waals surface area contributed by atoms with Crippen LogP contribution in [0.15, 0.2) is 42.5 Å². The first-order chi connectivity index (χ1) is 13.0. The highest BCUT2D eigenvalue weighted by Gasteiger charge is 2.30. The van der Waals surface area contributed by atoms with Crippen molar-refractivity contribution in [2.75, 3.05) is 13.1 Å². The summed E-state index contributed by atoms with van der Waals surface area (Å²) in [6.07, 6.45) is 0.809. The van der Waals surface area contributed by atoms with E-state index in [0.717, 1.165) is 16.0 Å². The molecular weight excluding hydrogens is 387 g/mol. The van der Waals surface area contributed by atoms with Gasteiger partial charge in [-0.25, -0.2) is 0 Å². The number of hydrogen-bond acceptors (Lipinski definition) is 3. The number of imide groups is 1. The van der Waals surface area contributed by atoms with E-state index >= 15 is 0 Å². The third-order valence-corrected chi connectivity index (χ3v) is 5.02. The van der Waals surface area contributed by atoms with Crippen LogP contribution in [0.3, 0.4) is 0 Å². The number of amides is 3. The molecule has 3 rings (SSSR count). The molecule has 0 radical (unpaired) electrons. The van der Waals surface area contributed by atoms with Gasteiger partial charge in [0.25, 0.3) is 5.91 Å². The maximum atomic E-state index is 12.5. The maximum Gasteiger partial charge on any atom is 0.260 e. The highest BCUT2D eigenvalue weighted by molar-refractivity contribution is 6.35. The fourth-order valence-corrected chi connectivity index (χ4v) is 3.49. The highest BCUT2D eigenvalue weighted by atomic mass is 35.5. The molecule has 0 saturated heterocycles. The first-order valence-electron chi connectivity index (χ1n) is 8.59. The number of rotatable bonds is 6. The monoisotopic (exact) mass is 404 g/mol. The van der Waals surface area contributed by atoms with E-state index in [0.29, 0.717) is 28.6 Å². The largest absolute Gasteiger partial charge is 0.356 e. The molecule has 140 valence electrons. The van der Waals surface area contributed by atoms with Crippen molar-refractivity contribution < 1.29 is 14.4 Å². The van der Waals surface area contributed by atoms with Crippen LogP contribution in [0, 0.1) is 0 Å². The van der Waals surface area contributed by atoms with Gasteiger partial charge in [0.15, 0.2) is 0 Å². The van der Waals surface area contributed by atoms with E-state index in [2.05, 4.69) is 5.32 Å². The maximum absolute atomic E-state index is 12.5. The molecule has 0 fully saturated rings. The van der Waals surface area contributed by atoms with Crippen LogP contribution in [0.1, 0.15) is 27.9 Å². The molecule has 0 spiro atoms. The first-order valence-corrected chi connectivity index (χ1v) is 9.34. The Labute approximate surface area is 167 Å². The fourth-order valence-electron chi connectivity index (χ4n) is 2.99. The van der Waals surface area contributed by atoms with Gasteiger partial charge in [0.2, 0.25) is 11.8 Å². The van der Waals surface area contributed by atoms with Crippen molar-refractivity contribution in [3.63, 3.8) is 0 Å². The molecule has 1 N–H and O–H groups in total. The quantitative estimate of drug-likeness (QED) is 0.751. The lowest BCUT2D eigenvalue weighted by Gasteiger charge is -2.26. The van der Waals surface area contributed by atoms with Gasteiger partial charge >= 0.3 is 0 Å². The molecule has 2 aromatic rings. The number of fused-ring (bicyclic) bond motifs is 1. The van der Waals surface area contributed by atoms with Crippen molar-refractivity contribution in [1.82, 2.24) is 10.2 Å². The Bertz CT molecular complexity index is 899. The minimum atomic E-state index is -0.345. The molecule has 27 heavy (non-hydrogen) atoms. The molecule has 1 aliphatic heterocycles. The third kappa shape index (κ3) is 4.67. The summed E-state index contributed by atoms with van der Waals surface area (Å²) in [5.74, 6) is -0.846. The summed E-state index contributed by atoms with van der Waals surface area (Å²) in [6, 6.07) is 12.3. The van der Waals surface area contributed by atoms with Gasteiger partial charge in [-0.2, -0.15) is 0 Å². The summed E-state index contributed by atoms with van der Waals surface area (Å²) in [6.45, 7) is 0.477. The van der Waals surface area contributed by atoms with Crippen molar-refractivity contribution in [3.8, 4) is 0 Å². The molecule has 2 aromatic carbocycles. The van der Waals surface area contributed by atoms with Crippen molar-refractivity contribution in [1.29, 1.82) is 0 Å². The predicted octanol–water partition coefficient (Wildman–Crippen LogP) is 3.27. The van der Waals surface area contributed by atoms with Gasteiger partial charge in [0, 0.05) is 35.1 Å². The van der Waals surface area contributed by atoms with E-state index in [1.54, 1.807) is 36.4 Å². The summed E-state index contributed by atoms with van der Waals surface area (Å²) in [5.41, 5.74) is 2.14. The number of carbonyl (C=O) groups excluding carboxylic acids is 3. The molecule has 0 aliphatic carbocycles. The molecule has 1 heterocycles. The minimum Gasteiger partial charge on any atom is -0.356 e. The Morgan fingerprint density at radius 1 is 1.11 bits per heavy atom. The van der Waals surface area contributed by atoms with Gasteiger partial charge in [-0.3, -0.25) is 19.3 Å². The van der Waals surface area contributed by atoms with E-state index in [1.807, 2.05) is 6.07 Å². The van der Waals surface area contributed by atoms with E-state index in [-0.39, 0.29) is 37.1 Å². The van der Waals surface area contributed by atoms with Gasteiger partial charge in [-0.15, -0.1) is 0 Å². The minimum absolute atomic E-state index is 0.0635. The van der Waals surface area contributed by atoms with Gasteiger partial charge in [0.1, 0.15) is 0 Å². The van der Waals surface area contributed by atoms with Crippen molar-refractivity contribution >= 4 is 40.9 Å². The number of carbonyl (C=O) groups is 3. The van der Waals surface area contributed by atoms with Crippen LogP contribution in [0.5, 0.6) is 0 Å². The SMILES string of the molecule is O=C(CCN1C(=O)Cc2ccccc2C1=O)NCCc1ccc(Cl)cc1Cl. The van der Waals surface area contributed by atoms with Crippen molar-refractivity contribution in [2.24, 2.45) is 0 Å². The summed E-state index contributed by atoms with van der Waals surface area (Å²) in [4.78, 5) is 37.9. The van der Waals surface area contributed by atoms with Crippen LogP contribution in [-0.2, 0) is 22.4 Å². The Balaban J connectivity index is 1.49. The topological polar surface area (TPSA) is 66.5 Å². The second-order valence-electron chi connectivity index (χ2n) is 6.27. The molecule has 7 heteroatoms. The molecule has 0 unspecified atom stereocenters. The fraction of sp³-hybridized carbons (Fsp3) is 0.250. The number of halogens is 2. The lowest BCUT2D eigenvalue weighted by Crippen LogP contribution is -2.44. The number of nitrogens with zero attached hydrogens (tertiary/aromatic N) is 1. The average molecular weight is 405 g/mol. The molecule has 0 bridgehead atoms. The predicted molar refractivity (Wildman–Crippen MR) is 104 cm³/mol. The Hall–Kier alpha value is -2.37. The Morgan fingerprint density at radius 2 is 1.89 bits per heavy atom. The van der Waals surface area contributed by atoms with Crippen LogP contribution in [0.25, 0.3) is 0 Å². The van der Waals surface area contributed by atoms with E-state index in [9.17, 15) is 14.4 Å². The third-order valence-electron chi connectivity index (χ3n) is 4.43. The highest BCUT2D eigenvalue weighted by Crippen LogP contribution is 2.21. The molecule has 5 nitrogen and oxygen atoms in total. The summed E-state index contributed by atoms with van der Waals surface area (Å²) < 4.78 is 0. The smallest absolute Gasteiger partial charge is 0.260 e. The van der Waals surface area contributed by atoms with Crippen molar-refractivity contribution in [3.05, 3.63) is 69.2 Å². The first kappa shape index (κ1) is 19.4.